The molecule has 0 saturated carbocycles. The number of hydrogen-bond acceptors (Lipinski definition) is 7. The van der Waals surface area contributed by atoms with Crippen molar-refractivity contribution in [3.63, 3.8) is 0 Å². The zero-order chi connectivity index (χ0) is 30.3. The van der Waals surface area contributed by atoms with Crippen LogP contribution in [0.1, 0.15) is 50.7 Å². The number of methoxy groups -OCH3 is 1. The zero-order valence-corrected chi connectivity index (χ0v) is 25.1. The van der Waals surface area contributed by atoms with Crippen molar-refractivity contribution >= 4 is 39.9 Å². The van der Waals surface area contributed by atoms with Gasteiger partial charge in [0.15, 0.2) is 11.5 Å². The van der Waals surface area contributed by atoms with E-state index in [0.29, 0.717) is 48.7 Å². The highest BCUT2D eigenvalue weighted by Gasteiger charge is 2.36. The maximum Gasteiger partial charge on any atom is 0.410 e. The average molecular weight is 580 g/mol. The first-order chi connectivity index (χ1) is 19.8. The van der Waals surface area contributed by atoms with Gasteiger partial charge in [-0.1, -0.05) is 0 Å². The molecule has 1 unspecified atom stereocenters. The van der Waals surface area contributed by atoms with Gasteiger partial charge >= 0.3 is 6.09 Å². The standard InChI is InChI=1S/C30H38FN7O4/c1-18-13-36-16-21(12-24(31)27(36)32-18)33-28(39)22-8-9-25(23-17-37(10-11-41-7)34-26(22)23)35-14-19(2)38(20(3)15-35)29(40)42-30(4,5)6/h8-9,12-13,16-17,19-20H,10-11,14-15H2,1-7H3,(H,33,39)/t19-,20?/m0/s1. The Morgan fingerprint density at radius 1 is 1.12 bits per heavy atom. The summed E-state index contributed by atoms with van der Waals surface area (Å²) >= 11 is 0. The highest BCUT2D eigenvalue weighted by atomic mass is 19.1. The lowest BCUT2D eigenvalue weighted by atomic mass is 10.0. The summed E-state index contributed by atoms with van der Waals surface area (Å²) < 4.78 is 28.9. The number of aryl methyl sites for hydroxylation is 1. The van der Waals surface area contributed by atoms with E-state index >= 15 is 0 Å². The van der Waals surface area contributed by atoms with E-state index in [0.717, 1.165) is 11.1 Å². The van der Waals surface area contributed by atoms with Crippen molar-refractivity contribution in [2.75, 3.05) is 37.0 Å². The number of piperazine rings is 1. The van der Waals surface area contributed by atoms with Crippen molar-refractivity contribution in [3.05, 3.63) is 53.9 Å². The number of carbonyl (C=O) groups excluding carboxylic acids is 2. The van der Waals surface area contributed by atoms with E-state index in [9.17, 15) is 14.0 Å². The number of amides is 2. The minimum Gasteiger partial charge on any atom is -0.444 e. The molecule has 1 fully saturated rings. The highest BCUT2D eigenvalue weighted by Crippen LogP contribution is 2.33. The van der Waals surface area contributed by atoms with Crippen LogP contribution in [-0.2, 0) is 16.0 Å². The van der Waals surface area contributed by atoms with Gasteiger partial charge in [-0.05, 0) is 53.7 Å². The molecule has 42 heavy (non-hydrogen) atoms. The van der Waals surface area contributed by atoms with Crippen LogP contribution in [0.3, 0.4) is 0 Å². The highest BCUT2D eigenvalue weighted by molar-refractivity contribution is 6.14. The Kier molecular flexibility index (Phi) is 7.84. The summed E-state index contributed by atoms with van der Waals surface area (Å²) in [7, 11) is 1.62. The second-order valence-corrected chi connectivity index (χ2v) is 11.9. The lowest BCUT2D eigenvalue weighted by Gasteiger charge is -2.45. The quantitative estimate of drug-likeness (QED) is 0.348. The third kappa shape index (κ3) is 5.89. The number of rotatable bonds is 6. The first-order valence-corrected chi connectivity index (χ1v) is 14.1. The Morgan fingerprint density at radius 2 is 1.83 bits per heavy atom. The summed E-state index contributed by atoms with van der Waals surface area (Å²) in [4.78, 5) is 34.6. The Morgan fingerprint density at radius 3 is 2.50 bits per heavy atom. The predicted molar refractivity (Wildman–Crippen MR) is 159 cm³/mol. The van der Waals surface area contributed by atoms with E-state index < -0.39 is 17.3 Å². The lowest BCUT2D eigenvalue weighted by Crippen LogP contribution is -2.59. The molecular weight excluding hydrogens is 541 g/mol. The molecule has 0 radical (unpaired) electrons. The second kappa shape index (κ2) is 11.2. The third-order valence-electron chi connectivity index (χ3n) is 7.22. The Labute approximate surface area is 244 Å². The molecule has 4 heterocycles. The summed E-state index contributed by atoms with van der Waals surface area (Å²) in [5, 5.41) is 8.36. The maximum absolute atomic E-state index is 14.7. The van der Waals surface area contributed by atoms with E-state index in [2.05, 4.69) is 15.2 Å². The molecule has 5 rings (SSSR count). The molecule has 4 aromatic rings. The summed E-state index contributed by atoms with van der Waals surface area (Å²) in [6.45, 7) is 13.5. The van der Waals surface area contributed by atoms with Crippen LogP contribution in [-0.4, -0.2) is 80.6 Å². The number of carbonyl (C=O) groups is 2. The number of aromatic nitrogens is 4. The normalized spacial score (nSPS) is 17.7. The topological polar surface area (TPSA) is 106 Å². The monoisotopic (exact) mass is 579 g/mol. The van der Waals surface area contributed by atoms with Crippen LogP contribution in [0, 0.1) is 12.7 Å². The maximum atomic E-state index is 14.7. The van der Waals surface area contributed by atoms with Crippen LogP contribution < -0.4 is 10.2 Å². The van der Waals surface area contributed by atoms with Crippen LogP contribution in [0.2, 0.25) is 0 Å². The van der Waals surface area contributed by atoms with Crippen LogP contribution >= 0.6 is 0 Å². The number of nitrogens with one attached hydrogen (secondary N) is 1. The van der Waals surface area contributed by atoms with Gasteiger partial charge in [0.25, 0.3) is 5.91 Å². The molecule has 2 amide bonds. The van der Waals surface area contributed by atoms with Gasteiger partial charge in [-0.2, -0.15) is 5.10 Å². The first-order valence-electron chi connectivity index (χ1n) is 14.1. The van der Waals surface area contributed by atoms with Gasteiger partial charge in [0.05, 0.1) is 42.2 Å². The molecule has 2 atom stereocenters. The van der Waals surface area contributed by atoms with Crippen molar-refractivity contribution < 1.29 is 23.5 Å². The minimum absolute atomic E-state index is 0.109. The number of ether oxygens (including phenoxy) is 2. The Bertz CT molecular complexity index is 1630. The Balaban J connectivity index is 1.46. The van der Waals surface area contributed by atoms with Crippen molar-refractivity contribution in [1.82, 2.24) is 24.1 Å². The van der Waals surface area contributed by atoms with E-state index in [-0.39, 0.29) is 23.8 Å². The third-order valence-corrected chi connectivity index (χ3v) is 7.22. The van der Waals surface area contributed by atoms with Crippen LogP contribution in [0.4, 0.5) is 20.6 Å². The van der Waals surface area contributed by atoms with Crippen LogP contribution in [0.25, 0.3) is 16.6 Å². The number of imidazole rings is 1. The number of hydrogen-bond donors (Lipinski definition) is 1. The van der Waals surface area contributed by atoms with Gasteiger partial charge in [0.2, 0.25) is 0 Å². The average Bonchev–Trinajstić information content (AvgIpc) is 3.48. The molecule has 0 spiro atoms. The van der Waals surface area contributed by atoms with E-state index in [4.69, 9.17) is 14.6 Å². The SMILES string of the molecule is COCCn1cc2c(N3CC(C)N(C(=O)OC(C)(C)C)[C@@H](C)C3)ccc(C(=O)Nc3cc(F)c4nc(C)cn4c3)c2n1. The Hall–Kier alpha value is -4.19. The summed E-state index contributed by atoms with van der Waals surface area (Å²) in [5.41, 5.74) is 2.39. The zero-order valence-electron chi connectivity index (χ0n) is 25.1. The number of pyridine rings is 1. The smallest absolute Gasteiger partial charge is 0.410 e. The lowest BCUT2D eigenvalue weighted by molar-refractivity contribution is 0.00567. The number of halogens is 1. The molecule has 0 aliphatic carbocycles. The molecule has 1 aromatic carbocycles. The fourth-order valence-corrected chi connectivity index (χ4v) is 5.54. The molecule has 224 valence electrons. The van der Waals surface area contributed by atoms with Crippen molar-refractivity contribution in [2.24, 2.45) is 0 Å². The first kappa shape index (κ1) is 29.3. The van der Waals surface area contributed by atoms with Gasteiger partial charge in [0, 0.05) is 55.9 Å². The minimum atomic E-state index is -0.581. The number of anilines is 2. The van der Waals surface area contributed by atoms with Crippen LogP contribution in [0.5, 0.6) is 0 Å². The molecule has 11 nitrogen and oxygen atoms in total. The van der Waals surface area contributed by atoms with Crippen molar-refractivity contribution in [2.45, 2.75) is 65.8 Å². The van der Waals surface area contributed by atoms with Crippen LogP contribution in [0.15, 0.2) is 36.8 Å². The predicted octanol–water partition coefficient (Wildman–Crippen LogP) is 4.86. The molecule has 1 saturated heterocycles. The van der Waals surface area contributed by atoms with E-state index in [1.165, 1.54) is 6.07 Å². The fourth-order valence-electron chi connectivity index (χ4n) is 5.54. The van der Waals surface area contributed by atoms with E-state index in [1.807, 2.05) is 46.9 Å². The van der Waals surface area contributed by atoms with E-state index in [1.54, 1.807) is 46.5 Å². The molecular formula is C30H38FN7O4. The molecule has 3 aromatic heterocycles. The van der Waals surface area contributed by atoms with Crippen molar-refractivity contribution in [1.29, 1.82) is 0 Å². The molecule has 12 heteroatoms. The van der Waals surface area contributed by atoms with Gasteiger partial charge in [0.1, 0.15) is 11.1 Å². The summed E-state index contributed by atoms with van der Waals surface area (Å²) in [5.74, 6) is -0.936. The fraction of sp³-hybridized carbons (Fsp3) is 0.467. The van der Waals surface area contributed by atoms with Crippen molar-refractivity contribution in [3.8, 4) is 0 Å². The van der Waals surface area contributed by atoms with Gasteiger partial charge < -0.3 is 24.1 Å². The second-order valence-electron chi connectivity index (χ2n) is 11.9. The molecule has 1 aliphatic rings. The van der Waals surface area contributed by atoms with Gasteiger partial charge in [-0.15, -0.1) is 0 Å². The molecule has 1 aliphatic heterocycles. The molecule has 1 N–H and O–H groups in total. The largest absolute Gasteiger partial charge is 0.444 e. The summed E-state index contributed by atoms with van der Waals surface area (Å²) in [6, 6.07) is 4.69. The number of fused-ring (bicyclic) bond motifs is 2. The summed E-state index contributed by atoms with van der Waals surface area (Å²) in [6.07, 6.45) is 4.91. The number of benzene rings is 1. The number of nitrogens with zero attached hydrogens (tertiary/aromatic N) is 6. The van der Waals surface area contributed by atoms with Gasteiger partial charge in [-0.25, -0.2) is 14.2 Å². The van der Waals surface area contributed by atoms with Gasteiger partial charge in [-0.3, -0.25) is 14.4 Å². The molecule has 0 bridgehead atoms.